The summed E-state index contributed by atoms with van der Waals surface area (Å²) in [6, 6.07) is 5.91. The van der Waals surface area contributed by atoms with Crippen LogP contribution < -0.4 is 5.32 Å². The van der Waals surface area contributed by atoms with Gasteiger partial charge in [0.25, 0.3) is 0 Å². The Morgan fingerprint density at radius 2 is 2.05 bits per heavy atom. The van der Waals surface area contributed by atoms with Gasteiger partial charge in [0.2, 0.25) is 0 Å². The lowest BCUT2D eigenvalue weighted by Crippen LogP contribution is -2.46. The molecule has 112 valence electrons. The van der Waals surface area contributed by atoms with Gasteiger partial charge in [-0.3, -0.25) is 4.90 Å². The van der Waals surface area contributed by atoms with E-state index in [4.69, 9.17) is 0 Å². The minimum atomic E-state index is -0.161. The van der Waals surface area contributed by atoms with Crippen molar-refractivity contribution in [2.24, 2.45) is 5.92 Å². The number of halogens is 2. The van der Waals surface area contributed by atoms with Crippen LogP contribution in [-0.2, 0) is 0 Å². The Morgan fingerprint density at radius 1 is 1.35 bits per heavy atom. The van der Waals surface area contributed by atoms with Gasteiger partial charge in [0.15, 0.2) is 0 Å². The minimum absolute atomic E-state index is 0.161. The van der Waals surface area contributed by atoms with Crippen LogP contribution in [0.5, 0.6) is 0 Å². The number of benzene rings is 1. The molecular formula is C16H24BrFN2. The van der Waals surface area contributed by atoms with E-state index in [2.05, 4.69) is 46.1 Å². The number of nitrogens with zero attached hydrogens (tertiary/aromatic N) is 1. The Morgan fingerprint density at radius 3 is 2.65 bits per heavy atom. The molecule has 0 amide bonds. The van der Waals surface area contributed by atoms with E-state index in [1.165, 1.54) is 12.8 Å². The molecule has 0 saturated carbocycles. The van der Waals surface area contributed by atoms with Crippen molar-refractivity contribution in [2.75, 3.05) is 26.2 Å². The number of piperazine rings is 1. The summed E-state index contributed by atoms with van der Waals surface area (Å²) in [7, 11) is 0. The lowest BCUT2D eigenvalue weighted by molar-refractivity contribution is 0.126. The summed E-state index contributed by atoms with van der Waals surface area (Å²) in [5, 5.41) is 3.39. The Hall–Kier alpha value is -0.450. The van der Waals surface area contributed by atoms with Gasteiger partial charge in [0.05, 0.1) is 4.47 Å². The average molecular weight is 343 g/mol. The van der Waals surface area contributed by atoms with Gasteiger partial charge in [-0.15, -0.1) is 0 Å². The zero-order valence-electron chi connectivity index (χ0n) is 12.3. The molecule has 1 aliphatic heterocycles. The van der Waals surface area contributed by atoms with E-state index in [0.717, 1.165) is 31.7 Å². The van der Waals surface area contributed by atoms with E-state index < -0.39 is 0 Å². The maximum absolute atomic E-state index is 13.9. The summed E-state index contributed by atoms with van der Waals surface area (Å²) in [5.41, 5.74) is 1.11. The van der Waals surface area contributed by atoms with Gasteiger partial charge in [-0.25, -0.2) is 4.39 Å². The molecule has 1 fully saturated rings. The summed E-state index contributed by atoms with van der Waals surface area (Å²) in [4.78, 5) is 2.50. The standard InChI is InChI=1S/C16H24BrFN2/c1-3-4-12(2)16(20-9-7-19-8-10-20)13-5-6-14(17)15(18)11-13/h5-6,11-12,16,19H,3-4,7-10H2,1-2H3/t12?,16-/m1/s1. The highest BCUT2D eigenvalue weighted by Gasteiger charge is 2.27. The molecule has 1 aromatic carbocycles. The van der Waals surface area contributed by atoms with E-state index in [1.807, 2.05) is 6.07 Å². The first kappa shape index (κ1) is 15.9. The Balaban J connectivity index is 2.26. The molecule has 1 saturated heterocycles. The van der Waals surface area contributed by atoms with Gasteiger partial charge >= 0.3 is 0 Å². The van der Waals surface area contributed by atoms with Crippen LogP contribution in [0.15, 0.2) is 22.7 Å². The summed E-state index contributed by atoms with van der Waals surface area (Å²) >= 11 is 3.24. The zero-order valence-corrected chi connectivity index (χ0v) is 13.9. The first-order chi connectivity index (χ1) is 9.63. The van der Waals surface area contributed by atoms with E-state index in [0.29, 0.717) is 16.4 Å². The molecule has 20 heavy (non-hydrogen) atoms. The molecule has 0 bridgehead atoms. The summed E-state index contributed by atoms with van der Waals surface area (Å²) < 4.78 is 14.4. The molecule has 2 rings (SSSR count). The second-order valence-corrected chi connectivity index (χ2v) is 6.52. The lowest BCUT2D eigenvalue weighted by atomic mass is 9.89. The molecule has 0 radical (unpaired) electrons. The minimum Gasteiger partial charge on any atom is -0.314 e. The first-order valence-electron chi connectivity index (χ1n) is 7.53. The SMILES string of the molecule is CCCC(C)[C@H](c1ccc(Br)c(F)c1)N1CCNCC1. The van der Waals surface area contributed by atoms with E-state index in [-0.39, 0.29) is 5.82 Å². The van der Waals surface area contributed by atoms with Crippen LogP contribution >= 0.6 is 15.9 Å². The van der Waals surface area contributed by atoms with Crippen molar-refractivity contribution in [1.29, 1.82) is 0 Å². The molecular weight excluding hydrogens is 319 g/mol. The van der Waals surface area contributed by atoms with Gasteiger partial charge < -0.3 is 5.32 Å². The van der Waals surface area contributed by atoms with Crippen LogP contribution in [0.3, 0.4) is 0 Å². The molecule has 1 N–H and O–H groups in total. The van der Waals surface area contributed by atoms with Crippen LogP contribution in [0, 0.1) is 11.7 Å². The highest BCUT2D eigenvalue weighted by atomic mass is 79.9. The van der Waals surface area contributed by atoms with Gasteiger partial charge in [-0.1, -0.05) is 26.3 Å². The number of hydrogen-bond donors (Lipinski definition) is 1. The van der Waals surface area contributed by atoms with Crippen molar-refractivity contribution >= 4 is 15.9 Å². The average Bonchev–Trinajstić information content (AvgIpc) is 2.44. The van der Waals surface area contributed by atoms with Crippen molar-refractivity contribution in [3.8, 4) is 0 Å². The molecule has 2 nitrogen and oxygen atoms in total. The fraction of sp³-hybridized carbons (Fsp3) is 0.625. The summed E-state index contributed by atoms with van der Waals surface area (Å²) in [5.74, 6) is 0.380. The molecule has 2 atom stereocenters. The Bertz CT molecular complexity index is 432. The van der Waals surface area contributed by atoms with Crippen LogP contribution in [-0.4, -0.2) is 31.1 Å². The first-order valence-corrected chi connectivity index (χ1v) is 8.32. The third-order valence-electron chi connectivity index (χ3n) is 4.11. The predicted molar refractivity (Wildman–Crippen MR) is 85.4 cm³/mol. The number of rotatable bonds is 5. The third kappa shape index (κ3) is 3.80. The summed E-state index contributed by atoms with van der Waals surface area (Å²) in [6.07, 6.45) is 2.34. The van der Waals surface area contributed by atoms with E-state index in [1.54, 1.807) is 6.07 Å². The van der Waals surface area contributed by atoms with Gasteiger partial charge in [0, 0.05) is 32.2 Å². The molecule has 1 aliphatic rings. The van der Waals surface area contributed by atoms with Crippen molar-refractivity contribution in [2.45, 2.75) is 32.7 Å². The second-order valence-electron chi connectivity index (χ2n) is 5.67. The van der Waals surface area contributed by atoms with E-state index in [9.17, 15) is 4.39 Å². The summed E-state index contributed by atoms with van der Waals surface area (Å²) in [6.45, 7) is 8.62. The van der Waals surface area contributed by atoms with Crippen molar-refractivity contribution < 1.29 is 4.39 Å². The fourth-order valence-corrected chi connectivity index (χ4v) is 3.42. The Labute approximate surface area is 129 Å². The molecule has 1 heterocycles. The number of nitrogens with one attached hydrogen (secondary N) is 1. The molecule has 1 aromatic rings. The maximum Gasteiger partial charge on any atom is 0.137 e. The molecule has 1 unspecified atom stereocenters. The quantitative estimate of drug-likeness (QED) is 0.870. The highest BCUT2D eigenvalue weighted by Crippen LogP contribution is 2.33. The van der Waals surface area contributed by atoms with Crippen molar-refractivity contribution in [1.82, 2.24) is 10.2 Å². The van der Waals surface area contributed by atoms with Crippen LogP contribution in [0.2, 0.25) is 0 Å². The van der Waals surface area contributed by atoms with Gasteiger partial charge in [-0.05, 0) is 46.0 Å². The van der Waals surface area contributed by atoms with Crippen LogP contribution in [0.25, 0.3) is 0 Å². The lowest BCUT2D eigenvalue weighted by Gasteiger charge is -2.38. The normalized spacial score (nSPS) is 19.8. The molecule has 0 aromatic heterocycles. The molecule has 0 spiro atoms. The maximum atomic E-state index is 13.9. The smallest absolute Gasteiger partial charge is 0.137 e. The van der Waals surface area contributed by atoms with Gasteiger partial charge in [-0.2, -0.15) is 0 Å². The molecule has 4 heteroatoms. The van der Waals surface area contributed by atoms with Crippen molar-refractivity contribution in [3.05, 3.63) is 34.1 Å². The zero-order chi connectivity index (χ0) is 14.5. The van der Waals surface area contributed by atoms with E-state index >= 15 is 0 Å². The van der Waals surface area contributed by atoms with Crippen LogP contribution in [0.1, 0.15) is 38.3 Å². The van der Waals surface area contributed by atoms with Crippen molar-refractivity contribution in [3.63, 3.8) is 0 Å². The topological polar surface area (TPSA) is 15.3 Å². The monoisotopic (exact) mass is 342 g/mol. The van der Waals surface area contributed by atoms with Gasteiger partial charge in [0.1, 0.15) is 5.82 Å². The fourth-order valence-electron chi connectivity index (χ4n) is 3.17. The Kier molecular flexibility index (Phi) is 6.00. The highest BCUT2D eigenvalue weighted by molar-refractivity contribution is 9.10. The molecule has 0 aliphatic carbocycles. The van der Waals surface area contributed by atoms with Crippen LogP contribution in [0.4, 0.5) is 4.39 Å². The predicted octanol–water partition coefficient (Wildman–Crippen LogP) is 3.97. The largest absolute Gasteiger partial charge is 0.314 e. The third-order valence-corrected chi connectivity index (χ3v) is 4.76. The second kappa shape index (κ2) is 7.53. The number of hydrogen-bond acceptors (Lipinski definition) is 2.